The van der Waals surface area contributed by atoms with E-state index in [4.69, 9.17) is 4.74 Å². The molecule has 0 amide bonds. The van der Waals surface area contributed by atoms with Gasteiger partial charge in [0.15, 0.2) is 5.78 Å². The molecule has 0 heterocycles. The number of Topliss-reactive ketones (excluding diaryl/α,β-unsaturated/α-hetero) is 1. The van der Waals surface area contributed by atoms with E-state index in [1.807, 2.05) is 54.6 Å². The Balaban J connectivity index is 2.36. The number of carbonyl (C=O) groups is 1. The zero-order valence-electron chi connectivity index (χ0n) is 11.3. The van der Waals surface area contributed by atoms with E-state index in [1.165, 1.54) is 0 Å². The van der Waals surface area contributed by atoms with Crippen molar-refractivity contribution in [3.05, 3.63) is 71.3 Å². The lowest BCUT2D eigenvalue weighted by Crippen LogP contribution is -2.16. The zero-order valence-corrected chi connectivity index (χ0v) is 11.3. The number of rotatable bonds is 5. The molecule has 0 aliphatic heterocycles. The first-order valence-electron chi connectivity index (χ1n) is 6.47. The summed E-state index contributed by atoms with van der Waals surface area (Å²) in [6, 6.07) is 17.3. The summed E-state index contributed by atoms with van der Waals surface area (Å²) in [4.78, 5) is 12.6. The van der Waals surface area contributed by atoms with Crippen LogP contribution in [0.3, 0.4) is 0 Å². The van der Waals surface area contributed by atoms with Gasteiger partial charge in [0.2, 0.25) is 0 Å². The van der Waals surface area contributed by atoms with Gasteiger partial charge in [-0.1, -0.05) is 61.5 Å². The maximum atomic E-state index is 12.6. The minimum Gasteiger partial charge on any atom is -0.369 e. The molecule has 98 valence electrons. The molecule has 0 saturated heterocycles. The predicted molar refractivity (Wildman–Crippen MR) is 76.3 cm³/mol. The predicted octanol–water partition coefficient (Wildman–Crippen LogP) is 3.82. The van der Waals surface area contributed by atoms with Crippen molar-refractivity contribution in [3.8, 4) is 0 Å². The highest BCUT2D eigenvalue weighted by Crippen LogP contribution is 2.23. The molecule has 0 N–H and O–H groups in total. The third-order valence-electron chi connectivity index (χ3n) is 3.24. The molecule has 0 radical (unpaired) electrons. The number of hydrogen-bond acceptors (Lipinski definition) is 2. The lowest BCUT2D eigenvalue weighted by molar-refractivity contribution is 0.0603. The summed E-state index contributed by atoms with van der Waals surface area (Å²) >= 11 is 0. The molecule has 0 bridgehead atoms. The van der Waals surface area contributed by atoms with Crippen LogP contribution in [0, 0.1) is 0 Å². The summed E-state index contributed by atoms with van der Waals surface area (Å²) in [5.74, 6) is 0.0196. The van der Waals surface area contributed by atoms with Gasteiger partial charge in [0, 0.05) is 12.7 Å². The van der Waals surface area contributed by atoms with E-state index in [-0.39, 0.29) is 5.78 Å². The molecule has 0 aliphatic rings. The molecule has 2 aromatic carbocycles. The maximum absolute atomic E-state index is 12.6. The number of hydrogen-bond donors (Lipinski definition) is 0. The van der Waals surface area contributed by atoms with Crippen LogP contribution in [-0.4, -0.2) is 12.9 Å². The van der Waals surface area contributed by atoms with Crippen LogP contribution in [0.1, 0.15) is 34.5 Å². The summed E-state index contributed by atoms with van der Waals surface area (Å²) in [6.45, 7) is 2.05. The second kappa shape index (κ2) is 6.30. The van der Waals surface area contributed by atoms with Gasteiger partial charge in [-0.15, -0.1) is 0 Å². The molecular weight excluding hydrogens is 236 g/mol. The van der Waals surface area contributed by atoms with Crippen molar-refractivity contribution in [1.29, 1.82) is 0 Å². The first kappa shape index (κ1) is 13.5. The fourth-order valence-electron chi connectivity index (χ4n) is 2.23. The third kappa shape index (κ3) is 2.91. The zero-order chi connectivity index (χ0) is 13.7. The Hall–Kier alpha value is -1.93. The second-order valence-corrected chi connectivity index (χ2v) is 4.40. The first-order valence-corrected chi connectivity index (χ1v) is 6.47. The Morgan fingerprint density at radius 2 is 1.68 bits per heavy atom. The summed E-state index contributed by atoms with van der Waals surface area (Å²) < 4.78 is 5.40. The van der Waals surface area contributed by atoms with Crippen LogP contribution in [0.2, 0.25) is 0 Å². The van der Waals surface area contributed by atoms with Crippen molar-refractivity contribution in [2.45, 2.75) is 19.4 Å². The van der Waals surface area contributed by atoms with Gasteiger partial charge in [-0.2, -0.15) is 0 Å². The molecule has 2 aromatic rings. The Kier molecular flexibility index (Phi) is 4.48. The van der Waals surface area contributed by atoms with E-state index >= 15 is 0 Å². The summed E-state index contributed by atoms with van der Waals surface area (Å²) in [5.41, 5.74) is 2.70. The van der Waals surface area contributed by atoms with Gasteiger partial charge < -0.3 is 4.74 Å². The van der Waals surface area contributed by atoms with Crippen molar-refractivity contribution in [3.63, 3.8) is 0 Å². The second-order valence-electron chi connectivity index (χ2n) is 4.40. The molecule has 0 fully saturated rings. The Labute approximate surface area is 114 Å². The molecule has 2 heteroatoms. The van der Waals surface area contributed by atoms with Crippen LogP contribution < -0.4 is 0 Å². The number of methoxy groups -OCH3 is 1. The smallest absolute Gasteiger partial charge is 0.196 e. The standard InChI is InChI=1S/C17H18O2/c1-3-13-9-7-8-12-15(13)16(18)17(19-2)14-10-5-4-6-11-14/h4-12,17H,3H2,1-2H3. The number of ether oxygens (including phenoxy) is 1. The van der Waals surface area contributed by atoms with Crippen molar-refractivity contribution in [2.75, 3.05) is 7.11 Å². The van der Waals surface area contributed by atoms with Crippen molar-refractivity contribution in [2.24, 2.45) is 0 Å². The fraction of sp³-hybridized carbons (Fsp3) is 0.235. The van der Waals surface area contributed by atoms with Crippen LogP contribution in [0.25, 0.3) is 0 Å². The van der Waals surface area contributed by atoms with E-state index in [0.29, 0.717) is 0 Å². The van der Waals surface area contributed by atoms with E-state index in [1.54, 1.807) is 7.11 Å². The van der Waals surface area contributed by atoms with Gasteiger partial charge >= 0.3 is 0 Å². The monoisotopic (exact) mass is 254 g/mol. The maximum Gasteiger partial charge on any atom is 0.196 e. The van der Waals surface area contributed by atoms with Gasteiger partial charge in [-0.3, -0.25) is 4.79 Å². The topological polar surface area (TPSA) is 26.3 Å². The minimum absolute atomic E-state index is 0.0196. The highest BCUT2D eigenvalue weighted by Gasteiger charge is 2.22. The third-order valence-corrected chi connectivity index (χ3v) is 3.24. The highest BCUT2D eigenvalue weighted by atomic mass is 16.5. The molecule has 0 aromatic heterocycles. The number of aryl methyl sites for hydroxylation is 1. The Morgan fingerprint density at radius 1 is 1.05 bits per heavy atom. The minimum atomic E-state index is -0.533. The van der Waals surface area contributed by atoms with Crippen LogP contribution in [0.15, 0.2) is 54.6 Å². The molecule has 0 spiro atoms. The molecular formula is C17H18O2. The van der Waals surface area contributed by atoms with Crippen molar-refractivity contribution >= 4 is 5.78 Å². The lowest BCUT2D eigenvalue weighted by Gasteiger charge is -2.16. The summed E-state index contributed by atoms with van der Waals surface area (Å²) in [6.07, 6.45) is 0.307. The van der Waals surface area contributed by atoms with Crippen LogP contribution in [0.5, 0.6) is 0 Å². The lowest BCUT2D eigenvalue weighted by atomic mass is 9.95. The normalized spacial score (nSPS) is 12.1. The average Bonchev–Trinajstić information content (AvgIpc) is 2.49. The molecule has 1 atom stereocenters. The number of carbonyl (C=O) groups excluding carboxylic acids is 1. The number of ketones is 1. The van der Waals surface area contributed by atoms with E-state index in [9.17, 15) is 4.79 Å². The molecule has 2 nitrogen and oxygen atoms in total. The van der Waals surface area contributed by atoms with Crippen LogP contribution in [0.4, 0.5) is 0 Å². The van der Waals surface area contributed by atoms with E-state index < -0.39 is 6.10 Å². The van der Waals surface area contributed by atoms with Gasteiger partial charge in [0.25, 0.3) is 0 Å². The average molecular weight is 254 g/mol. The summed E-state index contributed by atoms with van der Waals surface area (Å²) in [7, 11) is 1.57. The molecule has 0 aliphatic carbocycles. The molecule has 0 saturated carbocycles. The van der Waals surface area contributed by atoms with Gasteiger partial charge in [0.05, 0.1) is 0 Å². The first-order chi connectivity index (χ1) is 9.27. The Morgan fingerprint density at radius 3 is 2.32 bits per heavy atom. The Bertz CT molecular complexity index is 546. The van der Waals surface area contributed by atoms with Crippen molar-refractivity contribution < 1.29 is 9.53 Å². The van der Waals surface area contributed by atoms with E-state index in [2.05, 4.69) is 6.92 Å². The highest BCUT2D eigenvalue weighted by molar-refractivity contribution is 6.01. The largest absolute Gasteiger partial charge is 0.369 e. The number of benzene rings is 2. The van der Waals surface area contributed by atoms with Gasteiger partial charge in [-0.25, -0.2) is 0 Å². The van der Waals surface area contributed by atoms with Gasteiger partial charge in [0.1, 0.15) is 6.10 Å². The quantitative estimate of drug-likeness (QED) is 0.758. The van der Waals surface area contributed by atoms with Crippen LogP contribution >= 0.6 is 0 Å². The van der Waals surface area contributed by atoms with Crippen molar-refractivity contribution in [1.82, 2.24) is 0 Å². The fourth-order valence-corrected chi connectivity index (χ4v) is 2.23. The SMILES string of the molecule is CCc1ccccc1C(=O)C(OC)c1ccccc1. The van der Waals surface area contributed by atoms with Gasteiger partial charge in [-0.05, 0) is 17.5 Å². The molecule has 1 unspecified atom stereocenters. The molecule has 19 heavy (non-hydrogen) atoms. The summed E-state index contributed by atoms with van der Waals surface area (Å²) in [5, 5.41) is 0. The van der Waals surface area contributed by atoms with E-state index in [0.717, 1.165) is 23.1 Å². The van der Waals surface area contributed by atoms with Crippen LogP contribution in [-0.2, 0) is 11.2 Å². The molecule has 2 rings (SSSR count).